The number of carbonyl (C=O) groups excluding carboxylic acids is 1. The molecule has 0 spiro atoms. The zero-order valence-electron chi connectivity index (χ0n) is 7.26. The number of aromatic carboxylic acids is 1. The van der Waals surface area contributed by atoms with E-state index in [-0.39, 0.29) is 10.3 Å². The van der Waals surface area contributed by atoms with Gasteiger partial charge < -0.3 is 15.1 Å². The number of methoxy groups -OCH3 is 1. The highest BCUT2D eigenvalue weighted by Gasteiger charge is 2.17. The van der Waals surface area contributed by atoms with E-state index in [0.717, 1.165) is 12.3 Å². The van der Waals surface area contributed by atoms with E-state index < -0.39 is 17.6 Å². The zero-order valence-corrected chi connectivity index (χ0v) is 7.26. The number of aromatic nitrogens is 1. The van der Waals surface area contributed by atoms with Crippen LogP contribution in [0.3, 0.4) is 0 Å². The summed E-state index contributed by atoms with van der Waals surface area (Å²) in [4.78, 5) is 21.4. The third-order valence-corrected chi connectivity index (χ3v) is 1.55. The highest BCUT2D eigenvalue weighted by Crippen LogP contribution is 2.00. The van der Waals surface area contributed by atoms with Crippen molar-refractivity contribution in [1.29, 1.82) is 0 Å². The Morgan fingerprint density at radius 1 is 1.50 bits per heavy atom. The van der Waals surface area contributed by atoms with Crippen LogP contribution < -0.4 is 4.73 Å². The largest absolute Gasteiger partial charge is 0.618 e. The van der Waals surface area contributed by atoms with Gasteiger partial charge in [-0.25, -0.2) is 9.59 Å². The summed E-state index contributed by atoms with van der Waals surface area (Å²) in [6.45, 7) is 0. The van der Waals surface area contributed by atoms with Gasteiger partial charge in [-0.2, -0.15) is 4.73 Å². The minimum absolute atomic E-state index is 0.00694. The highest BCUT2D eigenvalue weighted by atomic mass is 16.5. The van der Waals surface area contributed by atoms with Gasteiger partial charge in [0.05, 0.1) is 7.11 Å². The van der Waals surface area contributed by atoms with Crippen molar-refractivity contribution in [2.24, 2.45) is 0 Å². The van der Waals surface area contributed by atoms with Crippen LogP contribution in [0.1, 0.15) is 20.8 Å². The molecule has 0 bridgehead atoms. The Morgan fingerprint density at radius 3 is 2.57 bits per heavy atom. The van der Waals surface area contributed by atoms with E-state index in [4.69, 9.17) is 5.11 Å². The van der Waals surface area contributed by atoms with Gasteiger partial charge >= 0.3 is 17.6 Å². The van der Waals surface area contributed by atoms with Crippen LogP contribution in [0.25, 0.3) is 0 Å². The van der Waals surface area contributed by atoms with Crippen LogP contribution >= 0.6 is 0 Å². The van der Waals surface area contributed by atoms with Crippen LogP contribution in [0.15, 0.2) is 18.3 Å². The predicted octanol–water partition coefficient (Wildman–Crippen LogP) is -0.195. The molecule has 0 aliphatic heterocycles. The minimum atomic E-state index is -1.35. The van der Waals surface area contributed by atoms with Gasteiger partial charge in [-0.15, -0.1) is 0 Å². The predicted molar refractivity (Wildman–Crippen MR) is 43.7 cm³/mol. The van der Waals surface area contributed by atoms with Crippen molar-refractivity contribution in [2.75, 3.05) is 7.11 Å². The number of nitrogens with zero attached hydrogens (tertiary/aromatic N) is 1. The lowest BCUT2D eigenvalue weighted by Crippen LogP contribution is -2.35. The van der Waals surface area contributed by atoms with Gasteiger partial charge in [0, 0.05) is 6.07 Å². The number of carboxylic acids is 1. The Kier molecular flexibility index (Phi) is 2.66. The lowest BCUT2D eigenvalue weighted by molar-refractivity contribution is -0.608. The van der Waals surface area contributed by atoms with Gasteiger partial charge in [0.25, 0.3) is 0 Å². The Balaban J connectivity index is 3.12. The number of esters is 1. The minimum Gasteiger partial charge on any atom is -0.618 e. The number of hydrogen-bond acceptors (Lipinski definition) is 4. The fraction of sp³-hybridized carbons (Fsp3) is 0.125. The Bertz CT molecular complexity index is 387. The van der Waals surface area contributed by atoms with Gasteiger partial charge in [0.1, 0.15) is 5.56 Å². The molecule has 0 saturated heterocycles. The molecule has 0 aliphatic carbocycles. The van der Waals surface area contributed by atoms with Crippen molar-refractivity contribution in [1.82, 2.24) is 0 Å². The van der Waals surface area contributed by atoms with Gasteiger partial charge in [0.15, 0.2) is 6.20 Å². The highest BCUT2D eigenvalue weighted by molar-refractivity contribution is 5.89. The number of hydrogen-bond donors (Lipinski definition) is 1. The molecular weight excluding hydrogens is 190 g/mol. The fourth-order valence-corrected chi connectivity index (χ4v) is 0.885. The quantitative estimate of drug-likeness (QED) is 0.403. The first-order valence-electron chi connectivity index (χ1n) is 3.61. The summed E-state index contributed by atoms with van der Waals surface area (Å²) in [5.74, 6) is -2.04. The van der Waals surface area contributed by atoms with E-state index in [0.29, 0.717) is 0 Å². The molecule has 0 saturated carbocycles. The summed E-state index contributed by atoms with van der Waals surface area (Å²) < 4.78 is 4.46. The molecule has 0 atom stereocenters. The van der Waals surface area contributed by atoms with Crippen LogP contribution in [0.4, 0.5) is 0 Å². The van der Waals surface area contributed by atoms with Crippen LogP contribution in [-0.2, 0) is 4.74 Å². The second-order valence-corrected chi connectivity index (χ2v) is 2.43. The first-order valence-corrected chi connectivity index (χ1v) is 3.61. The molecule has 0 amide bonds. The molecule has 6 heteroatoms. The van der Waals surface area contributed by atoms with E-state index in [1.54, 1.807) is 0 Å². The number of carbonyl (C=O) groups is 2. The second-order valence-electron chi connectivity index (χ2n) is 2.43. The van der Waals surface area contributed by atoms with Gasteiger partial charge in [-0.3, -0.25) is 0 Å². The third kappa shape index (κ3) is 1.79. The Hall–Kier alpha value is -2.11. The van der Waals surface area contributed by atoms with E-state index in [2.05, 4.69) is 4.74 Å². The van der Waals surface area contributed by atoms with Crippen molar-refractivity contribution in [2.45, 2.75) is 0 Å². The molecule has 6 nitrogen and oxygen atoms in total. The molecular formula is C8H7NO5. The number of rotatable bonds is 2. The van der Waals surface area contributed by atoms with Crippen LogP contribution in [-0.4, -0.2) is 24.2 Å². The van der Waals surface area contributed by atoms with Gasteiger partial charge in [0.2, 0.25) is 0 Å². The molecule has 0 radical (unpaired) electrons. The van der Waals surface area contributed by atoms with Crippen LogP contribution in [0.5, 0.6) is 0 Å². The van der Waals surface area contributed by atoms with Crippen LogP contribution in [0.2, 0.25) is 0 Å². The number of ether oxygens (including phenoxy) is 1. The van der Waals surface area contributed by atoms with E-state index >= 15 is 0 Å². The average molecular weight is 197 g/mol. The summed E-state index contributed by atoms with van der Waals surface area (Å²) in [5, 5.41) is 19.5. The van der Waals surface area contributed by atoms with E-state index in [1.807, 2.05) is 0 Å². The zero-order chi connectivity index (χ0) is 10.7. The Morgan fingerprint density at radius 2 is 2.14 bits per heavy atom. The van der Waals surface area contributed by atoms with E-state index in [9.17, 15) is 14.8 Å². The summed E-state index contributed by atoms with van der Waals surface area (Å²) in [6, 6.07) is 2.26. The first-order chi connectivity index (χ1) is 6.56. The SMILES string of the molecule is COC(=O)c1ccc(C(=O)O)[n+]([O-])c1. The normalized spacial score (nSPS) is 9.50. The third-order valence-electron chi connectivity index (χ3n) is 1.55. The fourth-order valence-electron chi connectivity index (χ4n) is 0.885. The average Bonchev–Trinajstić information content (AvgIpc) is 2.15. The molecule has 1 aromatic heterocycles. The summed E-state index contributed by atoms with van der Waals surface area (Å²) in [7, 11) is 1.17. The molecule has 0 fully saturated rings. The van der Waals surface area contributed by atoms with Crippen molar-refractivity contribution in [3.8, 4) is 0 Å². The molecule has 1 aromatic rings. The molecule has 0 aromatic carbocycles. The molecule has 14 heavy (non-hydrogen) atoms. The monoisotopic (exact) mass is 197 g/mol. The van der Waals surface area contributed by atoms with Gasteiger partial charge in [-0.1, -0.05) is 0 Å². The van der Waals surface area contributed by atoms with Crippen molar-refractivity contribution < 1.29 is 24.2 Å². The summed E-state index contributed by atoms with van der Waals surface area (Å²) >= 11 is 0. The molecule has 1 N–H and O–H groups in total. The van der Waals surface area contributed by atoms with Crippen molar-refractivity contribution >= 4 is 11.9 Å². The van der Waals surface area contributed by atoms with Gasteiger partial charge in [-0.05, 0) is 6.07 Å². The maximum absolute atomic E-state index is 11.0. The van der Waals surface area contributed by atoms with Crippen LogP contribution in [0, 0.1) is 5.21 Å². The summed E-state index contributed by atoms with van der Waals surface area (Å²) in [5.41, 5.74) is -0.440. The topological polar surface area (TPSA) is 90.5 Å². The molecule has 0 aliphatic rings. The maximum atomic E-state index is 11.0. The molecule has 1 heterocycles. The molecule has 0 unspecified atom stereocenters. The van der Waals surface area contributed by atoms with E-state index in [1.165, 1.54) is 13.2 Å². The Labute approximate surface area is 78.9 Å². The van der Waals surface area contributed by atoms with Crippen molar-refractivity contribution in [3.05, 3.63) is 34.8 Å². The first kappa shape index (κ1) is 9.97. The lowest BCUT2D eigenvalue weighted by atomic mass is 10.2. The standard InChI is InChI=1S/C8H7NO5/c1-14-8(12)5-2-3-6(7(10)11)9(13)4-5/h2-4H,1H3,(H,10,11). The summed E-state index contributed by atoms with van der Waals surface area (Å²) in [6.07, 6.45) is 0.856. The molecule has 74 valence electrons. The smallest absolute Gasteiger partial charge is 0.402 e. The number of pyridine rings is 1. The maximum Gasteiger partial charge on any atom is 0.402 e. The second kappa shape index (κ2) is 3.73. The molecule has 1 rings (SSSR count). The lowest BCUT2D eigenvalue weighted by Gasteiger charge is -2.02. The van der Waals surface area contributed by atoms with Crippen molar-refractivity contribution in [3.63, 3.8) is 0 Å². The number of carboxylic acid groups (broad SMARTS) is 1.